The van der Waals surface area contributed by atoms with Gasteiger partial charge in [0.15, 0.2) is 5.03 Å². The smallest absolute Gasteiger partial charge is 0.260 e. The van der Waals surface area contributed by atoms with Gasteiger partial charge in [-0.15, -0.1) is 0 Å². The van der Waals surface area contributed by atoms with Gasteiger partial charge in [-0.25, -0.2) is 8.42 Å². The predicted octanol–water partition coefficient (Wildman–Crippen LogP) is 3.24. The molecule has 112 valence electrons. The van der Waals surface area contributed by atoms with E-state index in [4.69, 9.17) is 23.2 Å². The molecule has 0 bridgehead atoms. The van der Waals surface area contributed by atoms with Gasteiger partial charge in [-0.3, -0.25) is 5.10 Å². The van der Waals surface area contributed by atoms with Crippen molar-refractivity contribution >= 4 is 33.2 Å². The SMILES string of the molecule is O=S(=O)(c1ccn[nH]1)N1CCCC1c1ccc(Cl)c(Cl)c1. The van der Waals surface area contributed by atoms with Crippen molar-refractivity contribution < 1.29 is 8.42 Å². The van der Waals surface area contributed by atoms with Crippen LogP contribution in [0.3, 0.4) is 0 Å². The second kappa shape index (κ2) is 5.61. The number of halogens is 2. The number of nitrogens with zero attached hydrogens (tertiary/aromatic N) is 2. The lowest BCUT2D eigenvalue weighted by atomic mass is 10.1. The van der Waals surface area contributed by atoms with E-state index >= 15 is 0 Å². The molecule has 1 unspecified atom stereocenters. The van der Waals surface area contributed by atoms with E-state index in [1.54, 1.807) is 12.1 Å². The Morgan fingerprint density at radius 1 is 1.24 bits per heavy atom. The van der Waals surface area contributed by atoms with Crippen molar-refractivity contribution in [3.63, 3.8) is 0 Å². The summed E-state index contributed by atoms with van der Waals surface area (Å²) in [6, 6.07) is 6.47. The summed E-state index contributed by atoms with van der Waals surface area (Å²) in [6.07, 6.45) is 2.99. The zero-order chi connectivity index (χ0) is 15.0. The fraction of sp³-hybridized carbons (Fsp3) is 0.308. The average molecular weight is 346 g/mol. The van der Waals surface area contributed by atoms with Crippen LogP contribution in [0.5, 0.6) is 0 Å². The van der Waals surface area contributed by atoms with E-state index < -0.39 is 10.0 Å². The molecule has 1 aromatic carbocycles. The fourth-order valence-electron chi connectivity index (χ4n) is 2.59. The van der Waals surface area contributed by atoms with Crippen molar-refractivity contribution in [3.05, 3.63) is 46.1 Å². The Morgan fingerprint density at radius 3 is 2.71 bits per heavy atom. The lowest BCUT2D eigenvalue weighted by Gasteiger charge is -2.23. The fourth-order valence-corrected chi connectivity index (χ4v) is 4.49. The van der Waals surface area contributed by atoms with E-state index in [0.717, 1.165) is 18.4 Å². The monoisotopic (exact) mass is 345 g/mol. The van der Waals surface area contributed by atoms with Gasteiger partial charge < -0.3 is 0 Å². The largest absolute Gasteiger partial charge is 0.266 e. The number of hydrogen-bond donors (Lipinski definition) is 1. The number of aromatic amines is 1. The quantitative estimate of drug-likeness (QED) is 0.928. The molecule has 0 spiro atoms. The first-order chi connectivity index (χ1) is 10.00. The maximum atomic E-state index is 12.6. The summed E-state index contributed by atoms with van der Waals surface area (Å²) in [7, 11) is -3.58. The average Bonchev–Trinajstić information content (AvgIpc) is 3.12. The highest BCUT2D eigenvalue weighted by Crippen LogP contribution is 2.37. The Bertz CT molecular complexity index is 747. The van der Waals surface area contributed by atoms with Gasteiger partial charge in [-0.05, 0) is 36.6 Å². The van der Waals surface area contributed by atoms with Gasteiger partial charge in [-0.1, -0.05) is 29.3 Å². The van der Waals surface area contributed by atoms with E-state index in [1.807, 2.05) is 6.07 Å². The van der Waals surface area contributed by atoms with Gasteiger partial charge in [0, 0.05) is 6.54 Å². The van der Waals surface area contributed by atoms with Crippen molar-refractivity contribution in [2.45, 2.75) is 23.9 Å². The van der Waals surface area contributed by atoms with Crippen LogP contribution >= 0.6 is 23.2 Å². The van der Waals surface area contributed by atoms with E-state index in [0.29, 0.717) is 16.6 Å². The molecule has 2 heterocycles. The van der Waals surface area contributed by atoms with Crippen molar-refractivity contribution in [2.75, 3.05) is 6.54 Å². The Labute approximate surface area is 132 Å². The summed E-state index contributed by atoms with van der Waals surface area (Å²) in [4.78, 5) is 0. The second-order valence-electron chi connectivity index (χ2n) is 4.87. The molecule has 1 fully saturated rings. The van der Waals surface area contributed by atoms with Crippen molar-refractivity contribution in [2.24, 2.45) is 0 Å². The van der Waals surface area contributed by atoms with Gasteiger partial charge in [0.2, 0.25) is 0 Å². The summed E-state index contributed by atoms with van der Waals surface area (Å²) in [6.45, 7) is 0.478. The molecular formula is C13H13Cl2N3O2S. The molecule has 0 aliphatic carbocycles. The van der Waals surface area contributed by atoms with Gasteiger partial charge in [0.25, 0.3) is 10.0 Å². The van der Waals surface area contributed by atoms with Crippen LogP contribution < -0.4 is 0 Å². The standard InChI is InChI=1S/C13H13Cl2N3O2S/c14-10-4-3-9(8-11(10)15)12-2-1-7-18(12)21(19,20)13-5-6-16-17-13/h3-6,8,12H,1-2,7H2,(H,16,17). The minimum atomic E-state index is -3.58. The maximum Gasteiger partial charge on any atom is 0.260 e. The second-order valence-corrected chi connectivity index (χ2v) is 7.54. The van der Waals surface area contributed by atoms with Crippen LogP contribution in [0.25, 0.3) is 0 Å². The molecule has 0 saturated carbocycles. The van der Waals surface area contributed by atoms with Crippen molar-refractivity contribution in [1.82, 2.24) is 14.5 Å². The molecule has 5 nitrogen and oxygen atoms in total. The lowest BCUT2D eigenvalue weighted by Crippen LogP contribution is -2.31. The highest BCUT2D eigenvalue weighted by Gasteiger charge is 2.37. The summed E-state index contributed by atoms with van der Waals surface area (Å²) in [5, 5.41) is 7.23. The van der Waals surface area contributed by atoms with E-state index in [9.17, 15) is 8.42 Å². The summed E-state index contributed by atoms with van der Waals surface area (Å²) >= 11 is 12.0. The van der Waals surface area contributed by atoms with Gasteiger partial charge in [0.1, 0.15) is 0 Å². The number of sulfonamides is 1. The summed E-state index contributed by atoms with van der Waals surface area (Å²) < 4.78 is 26.7. The van der Waals surface area contributed by atoms with Crippen molar-refractivity contribution in [1.29, 1.82) is 0 Å². The molecule has 8 heteroatoms. The van der Waals surface area contributed by atoms with Gasteiger partial charge in [-0.2, -0.15) is 9.40 Å². The Morgan fingerprint density at radius 2 is 2.05 bits per heavy atom. The third-order valence-electron chi connectivity index (χ3n) is 3.59. The molecular weight excluding hydrogens is 333 g/mol. The number of H-pyrrole nitrogens is 1. The molecule has 1 saturated heterocycles. The third-order valence-corrected chi connectivity index (χ3v) is 6.17. The zero-order valence-electron chi connectivity index (χ0n) is 11.0. The van der Waals surface area contributed by atoms with Crippen LogP contribution in [0.2, 0.25) is 10.0 Å². The number of hydrogen-bond acceptors (Lipinski definition) is 3. The number of benzene rings is 1. The van der Waals surface area contributed by atoms with E-state index in [-0.39, 0.29) is 11.1 Å². The first kappa shape index (κ1) is 14.8. The zero-order valence-corrected chi connectivity index (χ0v) is 13.3. The van der Waals surface area contributed by atoms with Crippen LogP contribution in [0.4, 0.5) is 0 Å². The van der Waals surface area contributed by atoms with Crippen LogP contribution in [-0.2, 0) is 10.0 Å². The van der Waals surface area contributed by atoms with Gasteiger partial charge in [0.05, 0.1) is 22.3 Å². The van der Waals surface area contributed by atoms with Crippen LogP contribution in [0.1, 0.15) is 24.4 Å². The Balaban J connectivity index is 1.98. The normalized spacial score (nSPS) is 20.0. The highest BCUT2D eigenvalue weighted by molar-refractivity contribution is 7.89. The third kappa shape index (κ3) is 2.68. The highest BCUT2D eigenvalue weighted by atomic mass is 35.5. The molecule has 1 atom stereocenters. The Kier molecular flexibility index (Phi) is 3.96. The molecule has 3 rings (SSSR count). The van der Waals surface area contributed by atoms with Crippen molar-refractivity contribution in [3.8, 4) is 0 Å². The van der Waals surface area contributed by atoms with Crippen LogP contribution in [-0.4, -0.2) is 29.5 Å². The first-order valence-corrected chi connectivity index (χ1v) is 8.66. The number of nitrogens with one attached hydrogen (secondary N) is 1. The lowest BCUT2D eigenvalue weighted by molar-refractivity contribution is 0.395. The molecule has 1 N–H and O–H groups in total. The molecule has 1 aliphatic rings. The molecule has 21 heavy (non-hydrogen) atoms. The molecule has 1 aliphatic heterocycles. The van der Waals surface area contributed by atoms with Gasteiger partial charge >= 0.3 is 0 Å². The molecule has 2 aromatic rings. The van der Waals surface area contributed by atoms with E-state index in [2.05, 4.69) is 10.2 Å². The number of rotatable bonds is 3. The maximum absolute atomic E-state index is 12.6. The minimum Gasteiger partial charge on any atom is -0.266 e. The topological polar surface area (TPSA) is 66.1 Å². The number of aromatic nitrogens is 2. The van der Waals surface area contributed by atoms with Crippen LogP contribution in [0, 0.1) is 0 Å². The Hall–Kier alpha value is -1.08. The first-order valence-electron chi connectivity index (χ1n) is 6.46. The van der Waals surface area contributed by atoms with E-state index in [1.165, 1.54) is 16.6 Å². The van der Waals surface area contributed by atoms with Crippen LogP contribution in [0.15, 0.2) is 35.5 Å². The molecule has 1 aromatic heterocycles. The molecule has 0 amide bonds. The molecule has 0 radical (unpaired) electrons. The minimum absolute atomic E-state index is 0.106. The summed E-state index contributed by atoms with van der Waals surface area (Å²) in [5.41, 5.74) is 0.852. The predicted molar refractivity (Wildman–Crippen MR) is 80.9 cm³/mol. The summed E-state index contributed by atoms with van der Waals surface area (Å²) in [5.74, 6) is 0.